The molecule has 1 aromatic rings. The summed E-state index contributed by atoms with van der Waals surface area (Å²) >= 11 is 0. The van der Waals surface area contributed by atoms with Crippen molar-refractivity contribution in [3.63, 3.8) is 0 Å². The van der Waals surface area contributed by atoms with E-state index in [1.165, 1.54) is 23.5 Å². The van der Waals surface area contributed by atoms with Gasteiger partial charge in [0.2, 0.25) is 20.0 Å². The minimum atomic E-state index is -3.81. The van der Waals surface area contributed by atoms with E-state index < -0.39 is 31.5 Å². The van der Waals surface area contributed by atoms with Gasteiger partial charge in [-0.2, -0.15) is 4.31 Å². The van der Waals surface area contributed by atoms with Gasteiger partial charge in [-0.25, -0.2) is 22.0 Å². The summed E-state index contributed by atoms with van der Waals surface area (Å²) in [7, 11) is -6.01. The van der Waals surface area contributed by atoms with Crippen LogP contribution in [0.4, 0.5) is 0 Å². The van der Waals surface area contributed by atoms with E-state index in [9.17, 15) is 21.6 Å². The number of benzene rings is 1. The number of rotatable bonds is 6. The number of hydrogen-bond donors (Lipinski definition) is 1. The number of carbonyl (C=O) groups is 1. The summed E-state index contributed by atoms with van der Waals surface area (Å²) in [5, 5.41) is 5.11. The van der Waals surface area contributed by atoms with Gasteiger partial charge in [-0.15, -0.1) is 0 Å². The Kier molecular flexibility index (Phi) is 5.06. The summed E-state index contributed by atoms with van der Waals surface area (Å²) in [4.78, 5) is 12.7. The standard InChI is InChI=1S/C19H28N2O5S2/c1-13(14-5-7-16(8-6-14)28(20,25)26)21(4)27(23,24)12-19-10-9-15(11-17(19)22)18(19,2)3/h5-8,13,15H,9-12H2,1-4H3,(H2,20,25,26). The van der Waals surface area contributed by atoms with Gasteiger partial charge in [0.25, 0.3) is 0 Å². The number of Topliss-reactive ketones (excluding diaryl/α,β-unsaturated/α-hetero) is 1. The van der Waals surface area contributed by atoms with Crippen molar-refractivity contribution in [3.05, 3.63) is 29.8 Å². The van der Waals surface area contributed by atoms with Gasteiger partial charge in [0, 0.05) is 24.9 Å². The van der Waals surface area contributed by atoms with Gasteiger partial charge < -0.3 is 0 Å². The molecule has 1 aromatic carbocycles. The van der Waals surface area contributed by atoms with Gasteiger partial charge in [0.15, 0.2) is 0 Å². The molecule has 0 aliphatic heterocycles. The molecule has 0 spiro atoms. The van der Waals surface area contributed by atoms with E-state index in [1.807, 2.05) is 13.8 Å². The molecule has 2 N–H and O–H groups in total. The molecule has 0 radical (unpaired) electrons. The minimum absolute atomic E-state index is 0.0249. The summed E-state index contributed by atoms with van der Waals surface area (Å²) in [5.41, 5.74) is -0.488. The highest BCUT2D eigenvalue weighted by Crippen LogP contribution is 2.64. The second-order valence-corrected chi connectivity index (χ2v) is 12.3. The molecule has 2 bridgehead atoms. The lowest BCUT2D eigenvalue weighted by Gasteiger charge is -2.38. The third kappa shape index (κ3) is 3.22. The Labute approximate surface area is 167 Å². The highest BCUT2D eigenvalue weighted by atomic mass is 32.2. The van der Waals surface area contributed by atoms with Crippen LogP contribution in [0.2, 0.25) is 0 Å². The van der Waals surface area contributed by atoms with Crippen molar-refractivity contribution in [1.82, 2.24) is 4.31 Å². The molecule has 3 rings (SSSR count). The third-order valence-corrected chi connectivity index (χ3v) is 10.2. The second kappa shape index (κ2) is 6.62. The molecule has 2 saturated carbocycles. The average Bonchev–Trinajstić information content (AvgIpc) is 2.93. The molecule has 7 nitrogen and oxygen atoms in total. The van der Waals surface area contributed by atoms with Crippen LogP contribution in [-0.2, 0) is 24.8 Å². The first-order valence-corrected chi connectivity index (χ1v) is 12.5. The Morgan fingerprint density at radius 1 is 1.18 bits per heavy atom. The molecule has 3 atom stereocenters. The number of sulfonamides is 2. The predicted octanol–water partition coefficient (Wildman–Crippen LogP) is 2.05. The summed E-state index contributed by atoms with van der Waals surface area (Å²) < 4.78 is 50.5. The molecule has 9 heteroatoms. The number of ketones is 1. The molecule has 2 fully saturated rings. The lowest BCUT2D eigenvalue weighted by atomic mass is 9.70. The zero-order valence-corrected chi connectivity index (χ0v) is 18.3. The number of hydrogen-bond acceptors (Lipinski definition) is 5. The van der Waals surface area contributed by atoms with E-state index in [1.54, 1.807) is 19.1 Å². The van der Waals surface area contributed by atoms with E-state index in [2.05, 4.69) is 0 Å². The number of carbonyl (C=O) groups excluding carboxylic acids is 1. The number of fused-ring (bicyclic) bond motifs is 2. The van der Waals surface area contributed by atoms with Crippen LogP contribution in [0.3, 0.4) is 0 Å². The van der Waals surface area contributed by atoms with Gasteiger partial charge in [0.05, 0.1) is 10.6 Å². The van der Waals surface area contributed by atoms with Crippen molar-refractivity contribution in [2.24, 2.45) is 21.9 Å². The van der Waals surface area contributed by atoms with E-state index in [0.717, 1.165) is 6.42 Å². The van der Waals surface area contributed by atoms with Crippen LogP contribution < -0.4 is 5.14 Å². The lowest BCUT2D eigenvalue weighted by Crippen LogP contribution is -2.46. The molecule has 3 unspecified atom stereocenters. The van der Waals surface area contributed by atoms with E-state index in [-0.39, 0.29) is 27.8 Å². The van der Waals surface area contributed by atoms with Crippen molar-refractivity contribution < 1.29 is 21.6 Å². The Bertz CT molecular complexity index is 999. The van der Waals surface area contributed by atoms with Gasteiger partial charge in [0.1, 0.15) is 5.78 Å². The van der Waals surface area contributed by atoms with Gasteiger partial charge in [-0.05, 0) is 48.8 Å². The molecular weight excluding hydrogens is 400 g/mol. The summed E-state index contributed by atoms with van der Waals surface area (Å²) in [6.45, 7) is 5.77. The molecule has 0 heterocycles. The quantitative estimate of drug-likeness (QED) is 0.745. The summed E-state index contributed by atoms with van der Waals surface area (Å²) in [5.74, 6) is 0.137. The van der Waals surface area contributed by atoms with E-state index >= 15 is 0 Å². The largest absolute Gasteiger partial charge is 0.299 e. The van der Waals surface area contributed by atoms with Crippen molar-refractivity contribution in [3.8, 4) is 0 Å². The predicted molar refractivity (Wildman–Crippen MR) is 106 cm³/mol. The molecule has 0 saturated heterocycles. The highest BCUT2D eigenvalue weighted by Gasteiger charge is 2.65. The minimum Gasteiger partial charge on any atom is -0.299 e. The second-order valence-electron chi connectivity index (χ2n) is 8.73. The maximum absolute atomic E-state index is 13.2. The third-order valence-electron chi connectivity index (χ3n) is 7.24. The fraction of sp³-hybridized carbons (Fsp3) is 0.632. The van der Waals surface area contributed by atoms with Crippen LogP contribution in [0.1, 0.15) is 51.6 Å². The molecule has 156 valence electrons. The fourth-order valence-electron chi connectivity index (χ4n) is 4.91. The Balaban J connectivity index is 1.85. The molecule has 0 amide bonds. The van der Waals surface area contributed by atoms with Crippen LogP contribution >= 0.6 is 0 Å². The van der Waals surface area contributed by atoms with Crippen molar-refractivity contribution >= 4 is 25.8 Å². The van der Waals surface area contributed by atoms with Crippen LogP contribution in [-0.4, -0.2) is 39.7 Å². The first-order chi connectivity index (χ1) is 12.7. The van der Waals surface area contributed by atoms with Gasteiger partial charge >= 0.3 is 0 Å². The van der Waals surface area contributed by atoms with Crippen molar-refractivity contribution in [2.75, 3.05) is 12.8 Å². The molecule has 28 heavy (non-hydrogen) atoms. The van der Waals surface area contributed by atoms with E-state index in [4.69, 9.17) is 5.14 Å². The topological polar surface area (TPSA) is 115 Å². The number of nitrogens with zero attached hydrogens (tertiary/aromatic N) is 1. The fourth-order valence-corrected chi connectivity index (χ4v) is 7.53. The summed E-state index contributed by atoms with van der Waals surface area (Å²) in [6, 6.07) is 5.35. The zero-order valence-electron chi connectivity index (χ0n) is 16.7. The van der Waals surface area contributed by atoms with Crippen LogP contribution in [0.25, 0.3) is 0 Å². The molecule has 0 aromatic heterocycles. The number of primary sulfonamides is 1. The Hall–Kier alpha value is -1.29. The smallest absolute Gasteiger partial charge is 0.238 e. The molecule has 2 aliphatic carbocycles. The van der Waals surface area contributed by atoms with E-state index in [0.29, 0.717) is 18.4 Å². The van der Waals surface area contributed by atoms with Gasteiger partial charge in [-0.3, -0.25) is 4.79 Å². The zero-order chi connectivity index (χ0) is 21.1. The Morgan fingerprint density at radius 3 is 2.18 bits per heavy atom. The monoisotopic (exact) mass is 428 g/mol. The normalized spacial score (nSPS) is 28.1. The molecule has 2 aliphatic rings. The highest BCUT2D eigenvalue weighted by molar-refractivity contribution is 7.89. The van der Waals surface area contributed by atoms with Crippen LogP contribution in [0, 0.1) is 16.7 Å². The first-order valence-electron chi connectivity index (χ1n) is 9.34. The van der Waals surface area contributed by atoms with Crippen molar-refractivity contribution in [2.45, 2.75) is 51.0 Å². The van der Waals surface area contributed by atoms with Gasteiger partial charge in [-0.1, -0.05) is 26.0 Å². The SMILES string of the molecule is CC(c1ccc(S(N)(=O)=O)cc1)N(C)S(=O)(=O)CC12CCC(CC1=O)C2(C)C. The first kappa shape index (κ1) is 21.4. The maximum atomic E-state index is 13.2. The lowest BCUT2D eigenvalue weighted by molar-refractivity contribution is -0.128. The summed E-state index contributed by atoms with van der Waals surface area (Å²) in [6.07, 6.45) is 1.98. The molecular formula is C19H28N2O5S2. The number of nitrogens with two attached hydrogens (primary N) is 1. The van der Waals surface area contributed by atoms with Crippen LogP contribution in [0.5, 0.6) is 0 Å². The maximum Gasteiger partial charge on any atom is 0.238 e. The Morgan fingerprint density at radius 2 is 1.75 bits per heavy atom. The van der Waals surface area contributed by atoms with Crippen molar-refractivity contribution in [1.29, 1.82) is 0 Å². The average molecular weight is 429 g/mol. The van der Waals surface area contributed by atoms with Crippen LogP contribution in [0.15, 0.2) is 29.2 Å².